The van der Waals surface area contributed by atoms with Crippen molar-refractivity contribution in [1.29, 1.82) is 0 Å². The quantitative estimate of drug-likeness (QED) is 0.819. The van der Waals surface area contributed by atoms with Crippen molar-refractivity contribution in [3.05, 3.63) is 33.8 Å². The minimum atomic E-state index is -0.666. The molecule has 0 fully saturated rings. The minimum Gasteiger partial charge on any atom is -0.313 e. The van der Waals surface area contributed by atoms with Gasteiger partial charge in [-0.3, -0.25) is 4.21 Å². The van der Waals surface area contributed by atoms with Gasteiger partial charge in [-0.2, -0.15) is 0 Å². The fraction of sp³-hybridized carbons (Fsp3) is 0.500. The lowest BCUT2D eigenvalue weighted by atomic mass is 10.1. The molecule has 4 heteroatoms. The highest BCUT2D eigenvalue weighted by molar-refractivity contribution is 9.10. The molecule has 1 atom stereocenters. The highest BCUT2D eigenvalue weighted by atomic mass is 79.9. The molecule has 1 N–H and O–H groups in total. The van der Waals surface area contributed by atoms with E-state index < -0.39 is 10.8 Å². The van der Waals surface area contributed by atoms with Crippen LogP contribution in [-0.4, -0.2) is 22.8 Å². The summed E-state index contributed by atoms with van der Waals surface area (Å²) in [7, 11) is -0.666. The van der Waals surface area contributed by atoms with Crippen LogP contribution in [0, 0.1) is 6.92 Å². The third-order valence-corrected chi connectivity index (χ3v) is 4.09. The van der Waals surface area contributed by atoms with Crippen LogP contribution in [0.2, 0.25) is 0 Å². The molecular formula is C12H18BrNOS. The average Bonchev–Trinajstić information content (AvgIpc) is 2.22. The largest absolute Gasteiger partial charge is 0.313 e. The molecule has 1 aromatic rings. The predicted molar refractivity (Wildman–Crippen MR) is 74.1 cm³/mol. The van der Waals surface area contributed by atoms with Crippen molar-refractivity contribution in [3.8, 4) is 0 Å². The normalized spacial score (nSPS) is 12.7. The number of aryl methyl sites for hydroxylation is 1. The maximum atomic E-state index is 10.8. The maximum Gasteiger partial charge on any atom is 0.0244 e. The fourth-order valence-corrected chi connectivity index (χ4v) is 2.25. The van der Waals surface area contributed by atoms with E-state index in [-0.39, 0.29) is 0 Å². The lowest BCUT2D eigenvalue weighted by molar-refractivity contribution is 0.662. The van der Waals surface area contributed by atoms with E-state index in [1.54, 1.807) is 6.26 Å². The molecule has 0 spiro atoms. The number of halogens is 1. The highest BCUT2D eigenvalue weighted by Gasteiger charge is 1.97. The summed E-state index contributed by atoms with van der Waals surface area (Å²) >= 11 is 3.48. The lowest BCUT2D eigenvalue weighted by Crippen LogP contribution is -2.16. The van der Waals surface area contributed by atoms with Gasteiger partial charge in [-0.05, 0) is 37.1 Å². The number of nitrogens with one attached hydrogen (secondary N) is 1. The molecule has 1 aromatic carbocycles. The van der Waals surface area contributed by atoms with Crippen LogP contribution < -0.4 is 5.32 Å². The summed E-state index contributed by atoms with van der Waals surface area (Å²) in [5.41, 5.74) is 2.55. The van der Waals surface area contributed by atoms with Gasteiger partial charge in [0.2, 0.25) is 0 Å². The van der Waals surface area contributed by atoms with E-state index in [0.29, 0.717) is 0 Å². The zero-order chi connectivity index (χ0) is 12.0. The number of benzene rings is 1. The van der Waals surface area contributed by atoms with Crippen molar-refractivity contribution in [2.45, 2.75) is 19.9 Å². The van der Waals surface area contributed by atoms with Gasteiger partial charge in [0.05, 0.1) is 0 Å². The summed E-state index contributed by atoms with van der Waals surface area (Å²) in [5.74, 6) is 0.784. The Morgan fingerprint density at radius 3 is 2.81 bits per heavy atom. The first-order valence-corrected chi connectivity index (χ1v) is 7.87. The summed E-state index contributed by atoms with van der Waals surface area (Å²) in [5, 5.41) is 3.35. The molecule has 16 heavy (non-hydrogen) atoms. The van der Waals surface area contributed by atoms with Gasteiger partial charge >= 0.3 is 0 Å². The lowest BCUT2D eigenvalue weighted by Gasteiger charge is -2.06. The van der Waals surface area contributed by atoms with Crippen LogP contribution in [-0.2, 0) is 17.3 Å². The van der Waals surface area contributed by atoms with Crippen LogP contribution in [0.4, 0.5) is 0 Å². The van der Waals surface area contributed by atoms with E-state index in [2.05, 4.69) is 46.4 Å². The van der Waals surface area contributed by atoms with Gasteiger partial charge in [0.25, 0.3) is 0 Å². The zero-order valence-electron chi connectivity index (χ0n) is 9.75. The molecule has 1 unspecified atom stereocenters. The summed E-state index contributed by atoms with van der Waals surface area (Å²) in [6.07, 6.45) is 2.72. The van der Waals surface area contributed by atoms with Gasteiger partial charge in [0.15, 0.2) is 0 Å². The van der Waals surface area contributed by atoms with Crippen molar-refractivity contribution in [3.63, 3.8) is 0 Å². The standard InChI is InChI=1S/C12H18BrNOS/c1-10-8-11(4-5-12(10)13)9-14-6-3-7-16(2)15/h4-5,8,14H,3,6-7,9H2,1-2H3. The molecule has 2 nitrogen and oxygen atoms in total. The van der Waals surface area contributed by atoms with Gasteiger partial charge in [-0.25, -0.2) is 0 Å². The van der Waals surface area contributed by atoms with E-state index in [1.807, 2.05) is 0 Å². The van der Waals surface area contributed by atoms with Crippen LogP contribution in [0.1, 0.15) is 17.5 Å². The number of rotatable bonds is 6. The van der Waals surface area contributed by atoms with E-state index in [0.717, 1.165) is 29.7 Å². The third kappa shape index (κ3) is 5.23. The van der Waals surface area contributed by atoms with Crippen LogP contribution in [0.3, 0.4) is 0 Å². The smallest absolute Gasteiger partial charge is 0.0244 e. The molecule has 0 bridgehead atoms. The minimum absolute atomic E-state index is 0.666. The number of hydrogen-bond donors (Lipinski definition) is 1. The molecule has 0 heterocycles. The molecule has 0 aliphatic rings. The second-order valence-corrected chi connectivity index (χ2v) is 6.30. The molecule has 0 saturated heterocycles. The van der Waals surface area contributed by atoms with Crippen molar-refractivity contribution in [2.75, 3.05) is 18.6 Å². The summed E-state index contributed by atoms with van der Waals surface area (Å²) in [6.45, 7) is 3.90. The SMILES string of the molecule is Cc1cc(CNCCCS(C)=O)ccc1Br. The summed E-state index contributed by atoms with van der Waals surface area (Å²) in [6, 6.07) is 6.37. The van der Waals surface area contributed by atoms with Crippen LogP contribution in [0.5, 0.6) is 0 Å². The molecule has 0 saturated carbocycles. The molecule has 0 amide bonds. The highest BCUT2D eigenvalue weighted by Crippen LogP contribution is 2.16. The van der Waals surface area contributed by atoms with Crippen molar-refractivity contribution in [2.24, 2.45) is 0 Å². The Kier molecular flexibility index (Phi) is 6.24. The Morgan fingerprint density at radius 2 is 2.19 bits per heavy atom. The summed E-state index contributed by atoms with van der Waals surface area (Å²) in [4.78, 5) is 0. The molecule has 90 valence electrons. The van der Waals surface area contributed by atoms with Crippen LogP contribution in [0.25, 0.3) is 0 Å². The molecular weight excluding hydrogens is 286 g/mol. The van der Waals surface area contributed by atoms with Gasteiger partial charge < -0.3 is 5.32 Å². The molecule has 0 aromatic heterocycles. The monoisotopic (exact) mass is 303 g/mol. The summed E-state index contributed by atoms with van der Waals surface area (Å²) < 4.78 is 12.0. The average molecular weight is 304 g/mol. The third-order valence-electron chi connectivity index (χ3n) is 2.34. The van der Waals surface area contributed by atoms with Gasteiger partial charge in [0.1, 0.15) is 0 Å². The zero-order valence-corrected chi connectivity index (χ0v) is 12.2. The molecule has 0 aliphatic heterocycles. The Hall–Kier alpha value is -0.190. The topological polar surface area (TPSA) is 29.1 Å². The van der Waals surface area contributed by atoms with Gasteiger partial charge in [-0.15, -0.1) is 0 Å². The predicted octanol–water partition coefficient (Wildman–Crippen LogP) is 2.62. The fourth-order valence-electron chi connectivity index (χ4n) is 1.45. The number of hydrogen-bond acceptors (Lipinski definition) is 2. The van der Waals surface area contributed by atoms with Crippen molar-refractivity contribution >= 4 is 26.7 Å². The first-order valence-electron chi connectivity index (χ1n) is 5.35. The van der Waals surface area contributed by atoms with E-state index in [9.17, 15) is 4.21 Å². The molecule has 1 rings (SSSR count). The first kappa shape index (κ1) is 13.9. The Bertz CT molecular complexity index is 368. The van der Waals surface area contributed by atoms with E-state index in [4.69, 9.17) is 0 Å². The van der Waals surface area contributed by atoms with Crippen LogP contribution >= 0.6 is 15.9 Å². The van der Waals surface area contributed by atoms with Gasteiger partial charge in [0, 0.05) is 33.8 Å². The van der Waals surface area contributed by atoms with Crippen molar-refractivity contribution in [1.82, 2.24) is 5.32 Å². The second-order valence-electron chi connectivity index (χ2n) is 3.89. The van der Waals surface area contributed by atoms with E-state index in [1.165, 1.54) is 11.1 Å². The molecule has 0 radical (unpaired) electrons. The van der Waals surface area contributed by atoms with Crippen molar-refractivity contribution < 1.29 is 4.21 Å². The first-order chi connectivity index (χ1) is 7.59. The van der Waals surface area contributed by atoms with E-state index >= 15 is 0 Å². The Morgan fingerprint density at radius 1 is 1.44 bits per heavy atom. The van der Waals surface area contributed by atoms with Crippen LogP contribution in [0.15, 0.2) is 22.7 Å². The second kappa shape index (κ2) is 7.20. The van der Waals surface area contributed by atoms with Gasteiger partial charge in [-0.1, -0.05) is 28.1 Å². The Labute approximate surface area is 108 Å². The molecule has 0 aliphatic carbocycles. The maximum absolute atomic E-state index is 10.8. The Balaban J connectivity index is 2.27.